The SMILES string of the molecule is Oc1cc2c[nH]cc2cn1. The number of aromatic amines is 1. The highest BCUT2D eigenvalue weighted by Crippen LogP contribution is 2.15. The highest BCUT2D eigenvalue weighted by Gasteiger charge is 1.94. The zero-order chi connectivity index (χ0) is 6.97. The average molecular weight is 134 g/mol. The monoisotopic (exact) mass is 134 g/mol. The van der Waals surface area contributed by atoms with Crippen molar-refractivity contribution in [1.82, 2.24) is 9.97 Å². The van der Waals surface area contributed by atoms with Gasteiger partial charge in [-0.05, 0) is 0 Å². The largest absolute Gasteiger partial charge is 0.493 e. The van der Waals surface area contributed by atoms with E-state index in [1.165, 1.54) is 0 Å². The Bertz CT molecular complexity index is 353. The van der Waals surface area contributed by atoms with Crippen LogP contribution in [0.1, 0.15) is 0 Å². The molecule has 3 nitrogen and oxygen atoms in total. The Labute approximate surface area is 57.3 Å². The summed E-state index contributed by atoms with van der Waals surface area (Å²) in [5.74, 6) is 0.0621. The van der Waals surface area contributed by atoms with Crippen molar-refractivity contribution in [2.75, 3.05) is 0 Å². The lowest BCUT2D eigenvalue weighted by Crippen LogP contribution is -1.70. The molecule has 0 aliphatic carbocycles. The zero-order valence-corrected chi connectivity index (χ0v) is 5.20. The van der Waals surface area contributed by atoms with Gasteiger partial charge >= 0.3 is 0 Å². The van der Waals surface area contributed by atoms with Crippen molar-refractivity contribution in [2.45, 2.75) is 0 Å². The van der Waals surface area contributed by atoms with E-state index < -0.39 is 0 Å². The Balaban J connectivity index is 2.86. The summed E-state index contributed by atoms with van der Waals surface area (Å²) < 4.78 is 0. The van der Waals surface area contributed by atoms with Crippen LogP contribution in [0, 0.1) is 0 Å². The highest BCUT2D eigenvalue weighted by atomic mass is 16.3. The molecule has 0 atom stereocenters. The predicted molar refractivity (Wildman–Crippen MR) is 37.8 cm³/mol. The number of nitrogens with one attached hydrogen (secondary N) is 1. The normalized spacial score (nSPS) is 10.4. The highest BCUT2D eigenvalue weighted by molar-refractivity contribution is 5.81. The first-order valence-electron chi connectivity index (χ1n) is 2.98. The first kappa shape index (κ1) is 5.29. The van der Waals surface area contributed by atoms with E-state index in [0.29, 0.717) is 0 Å². The Kier molecular flexibility index (Phi) is 0.917. The quantitative estimate of drug-likeness (QED) is 0.570. The molecule has 0 radical (unpaired) electrons. The van der Waals surface area contributed by atoms with Gasteiger partial charge in [0.15, 0.2) is 0 Å². The summed E-state index contributed by atoms with van der Waals surface area (Å²) in [4.78, 5) is 6.63. The lowest BCUT2D eigenvalue weighted by atomic mass is 10.3. The summed E-state index contributed by atoms with van der Waals surface area (Å²) in [5, 5.41) is 10.9. The van der Waals surface area contributed by atoms with Crippen LogP contribution in [0.25, 0.3) is 10.8 Å². The van der Waals surface area contributed by atoms with Gasteiger partial charge in [0.2, 0.25) is 5.88 Å². The minimum Gasteiger partial charge on any atom is -0.493 e. The van der Waals surface area contributed by atoms with E-state index in [0.717, 1.165) is 10.8 Å². The van der Waals surface area contributed by atoms with Crippen molar-refractivity contribution >= 4 is 10.8 Å². The summed E-state index contributed by atoms with van der Waals surface area (Å²) in [5.41, 5.74) is 0. The Morgan fingerprint density at radius 1 is 1.30 bits per heavy atom. The molecule has 0 spiro atoms. The molecule has 2 N–H and O–H groups in total. The van der Waals surface area contributed by atoms with Gasteiger partial charge in [-0.3, -0.25) is 0 Å². The molecule has 0 saturated heterocycles. The average Bonchev–Trinajstić information content (AvgIpc) is 2.33. The van der Waals surface area contributed by atoms with Gasteiger partial charge in [-0.15, -0.1) is 0 Å². The zero-order valence-electron chi connectivity index (χ0n) is 5.20. The molecule has 0 aliphatic heterocycles. The van der Waals surface area contributed by atoms with Crippen LogP contribution < -0.4 is 0 Å². The predicted octanol–water partition coefficient (Wildman–Crippen LogP) is 1.27. The third kappa shape index (κ3) is 0.639. The van der Waals surface area contributed by atoms with E-state index in [9.17, 15) is 0 Å². The first-order valence-corrected chi connectivity index (χ1v) is 2.98. The summed E-state index contributed by atoms with van der Waals surface area (Å²) in [6, 6.07) is 1.62. The van der Waals surface area contributed by atoms with Crippen molar-refractivity contribution in [3.63, 3.8) is 0 Å². The van der Waals surface area contributed by atoms with Gasteiger partial charge in [-0.25, -0.2) is 4.98 Å². The number of aromatic nitrogens is 2. The fourth-order valence-corrected chi connectivity index (χ4v) is 0.937. The molecule has 0 aliphatic rings. The Morgan fingerprint density at radius 2 is 2.10 bits per heavy atom. The van der Waals surface area contributed by atoms with Crippen LogP contribution in [-0.4, -0.2) is 15.1 Å². The molecule has 2 rings (SSSR count). The minimum atomic E-state index is 0.0621. The molecule has 10 heavy (non-hydrogen) atoms. The molecule has 3 heteroatoms. The number of H-pyrrole nitrogens is 1. The summed E-state index contributed by atoms with van der Waals surface area (Å²) in [7, 11) is 0. The maximum absolute atomic E-state index is 8.92. The van der Waals surface area contributed by atoms with Gasteiger partial charge in [0.1, 0.15) is 0 Å². The molecular formula is C7H6N2O. The van der Waals surface area contributed by atoms with Gasteiger partial charge < -0.3 is 10.1 Å². The molecule has 0 saturated carbocycles. The maximum Gasteiger partial charge on any atom is 0.211 e. The van der Waals surface area contributed by atoms with Crippen molar-refractivity contribution in [2.24, 2.45) is 0 Å². The van der Waals surface area contributed by atoms with Crippen LogP contribution >= 0.6 is 0 Å². The molecule has 0 bridgehead atoms. The van der Waals surface area contributed by atoms with Gasteiger partial charge in [-0.2, -0.15) is 0 Å². The van der Waals surface area contributed by atoms with Crippen LogP contribution in [0.5, 0.6) is 5.88 Å². The number of fused-ring (bicyclic) bond motifs is 1. The minimum absolute atomic E-state index is 0.0621. The number of rotatable bonds is 0. The molecule has 0 aromatic carbocycles. The van der Waals surface area contributed by atoms with Gasteiger partial charge in [0.05, 0.1) is 0 Å². The number of aromatic hydroxyl groups is 1. The first-order chi connectivity index (χ1) is 4.86. The number of pyridine rings is 1. The van der Waals surface area contributed by atoms with Crippen molar-refractivity contribution in [3.8, 4) is 5.88 Å². The fourth-order valence-electron chi connectivity index (χ4n) is 0.937. The standard InChI is InChI=1S/C7H6N2O/c10-7-1-5-2-8-3-6(5)4-9-7/h1-4,8,10H. The molecule has 50 valence electrons. The molecule has 2 heterocycles. The number of nitrogens with zero attached hydrogens (tertiary/aromatic N) is 1. The van der Waals surface area contributed by atoms with Crippen molar-refractivity contribution in [3.05, 3.63) is 24.7 Å². The summed E-state index contributed by atoms with van der Waals surface area (Å²) in [6.45, 7) is 0. The topological polar surface area (TPSA) is 48.9 Å². The molecule has 0 amide bonds. The molecule has 0 unspecified atom stereocenters. The maximum atomic E-state index is 8.92. The lowest BCUT2D eigenvalue weighted by Gasteiger charge is -1.88. The lowest BCUT2D eigenvalue weighted by molar-refractivity contribution is 0.454. The second kappa shape index (κ2) is 1.73. The summed E-state index contributed by atoms with van der Waals surface area (Å²) >= 11 is 0. The Morgan fingerprint density at radius 3 is 3.00 bits per heavy atom. The molecular weight excluding hydrogens is 128 g/mol. The summed E-state index contributed by atoms with van der Waals surface area (Å²) in [6.07, 6.45) is 5.28. The van der Waals surface area contributed by atoms with Crippen molar-refractivity contribution < 1.29 is 5.11 Å². The second-order valence-corrected chi connectivity index (χ2v) is 2.13. The molecule has 0 fully saturated rings. The molecule has 2 aromatic rings. The van der Waals surface area contributed by atoms with Crippen LogP contribution in [0.2, 0.25) is 0 Å². The van der Waals surface area contributed by atoms with Crippen LogP contribution in [-0.2, 0) is 0 Å². The van der Waals surface area contributed by atoms with E-state index in [1.54, 1.807) is 12.3 Å². The molecule has 2 aromatic heterocycles. The van der Waals surface area contributed by atoms with E-state index >= 15 is 0 Å². The number of hydrogen-bond donors (Lipinski definition) is 2. The smallest absolute Gasteiger partial charge is 0.211 e. The third-order valence-corrected chi connectivity index (χ3v) is 1.43. The van der Waals surface area contributed by atoms with E-state index in [-0.39, 0.29) is 5.88 Å². The van der Waals surface area contributed by atoms with E-state index in [2.05, 4.69) is 9.97 Å². The third-order valence-electron chi connectivity index (χ3n) is 1.43. The van der Waals surface area contributed by atoms with Crippen LogP contribution in [0.4, 0.5) is 0 Å². The Hall–Kier alpha value is -1.51. The van der Waals surface area contributed by atoms with Gasteiger partial charge in [0, 0.05) is 35.4 Å². The van der Waals surface area contributed by atoms with Crippen LogP contribution in [0.15, 0.2) is 24.7 Å². The van der Waals surface area contributed by atoms with E-state index in [1.807, 2.05) is 12.4 Å². The second-order valence-electron chi connectivity index (χ2n) is 2.13. The van der Waals surface area contributed by atoms with Gasteiger partial charge in [0.25, 0.3) is 0 Å². The number of hydrogen-bond acceptors (Lipinski definition) is 2. The van der Waals surface area contributed by atoms with E-state index in [4.69, 9.17) is 5.11 Å². The fraction of sp³-hybridized carbons (Fsp3) is 0. The van der Waals surface area contributed by atoms with Crippen LogP contribution in [0.3, 0.4) is 0 Å². The van der Waals surface area contributed by atoms with Crippen molar-refractivity contribution in [1.29, 1.82) is 0 Å². The van der Waals surface area contributed by atoms with Gasteiger partial charge in [-0.1, -0.05) is 0 Å².